The van der Waals surface area contributed by atoms with Gasteiger partial charge in [0.1, 0.15) is 17.4 Å². The number of hydrogen-bond donors (Lipinski definition) is 0. The van der Waals surface area contributed by atoms with Crippen molar-refractivity contribution >= 4 is 23.2 Å². The van der Waals surface area contributed by atoms with E-state index in [-0.39, 0.29) is 35.2 Å². The van der Waals surface area contributed by atoms with Gasteiger partial charge in [-0.25, -0.2) is 4.98 Å². The SMILES string of the molecule is O=C(c1cc(Cl)ccc1[N+](=O)[O-])N1CC(Oc2cccc(C(F)(F)F)n2)C1. The van der Waals surface area contributed by atoms with Gasteiger partial charge in [-0.05, 0) is 18.2 Å². The molecule has 0 atom stereocenters. The fraction of sp³-hybridized carbons (Fsp3) is 0.250. The number of ether oxygens (including phenoxy) is 1. The van der Waals surface area contributed by atoms with Crippen LogP contribution in [0, 0.1) is 10.1 Å². The van der Waals surface area contributed by atoms with Gasteiger partial charge in [0.05, 0.1) is 18.0 Å². The van der Waals surface area contributed by atoms with E-state index in [1.54, 1.807) is 0 Å². The number of nitrogens with zero attached hydrogens (tertiary/aromatic N) is 3. The van der Waals surface area contributed by atoms with Crippen LogP contribution in [0.15, 0.2) is 36.4 Å². The van der Waals surface area contributed by atoms with Crippen molar-refractivity contribution in [2.75, 3.05) is 13.1 Å². The van der Waals surface area contributed by atoms with Crippen LogP contribution in [-0.4, -0.2) is 39.9 Å². The first-order valence-electron chi connectivity index (χ1n) is 7.59. The number of nitro benzene ring substituents is 1. The molecule has 1 amide bonds. The molecule has 0 saturated carbocycles. The number of aromatic nitrogens is 1. The average molecular weight is 402 g/mol. The van der Waals surface area contributed by atoms with Gasteiger partial charge < -0.3 is 9.64 Å². The molecule has 3 rings (SSSR count). The Morgan fingerprint density at radius 1 is 1.30 bits per heavy atom. The van der Waals surface area contributed by atoms with Crippen molar-refractivity contribution in [1.29, 1.82) is 0 Å². The highest BCUT2D eigenvalue weighted by Gasteiger charge is 2.37. The molecule has 2 heterocycles. The molecule has 1 aromatic carbocycles. The molecule has 0 bridgehead atoms. The van der Waals surface area contributed by atoms with Gasteiger partial charge in [0, 0.05) is 17.2 Å². The second-order valence-electron chi connectivity index (χ2n) is 5.73. The summed E-state index contributed by atoms with van der Waals surface area (Å²) in [4.78, 5) is 27.5. The minimum absolute atomic E-state index is 0.0560. The third-order valence-electron chi connectivity index (χ3n) is 3.82. The summed E-state index contributed by atoms with van der Waals surface area (Å²) in [5.74, 6) is -0.822. The van der Waals surface area contributed by atoms with Crippen LogP contribution in [0.25, 0.3) is 0 Å². The summed E-state index contributed by atoms with van der Waals surface area (Å²) in [6.45, 7) is 0.112. The fourth-order valence-corrected chi connectivity index (χ4v) is 2.67. The predicted molar refractivity (Wildman–Crippen MR) is 87.7 cm³/mol. The Balaban J connectivity index is 1.66. The molecule has 0 aliphatic carbocycles. The number of benzene rings is 1. The summed E-state index contributed by atoms with van der Waals surface area (Å²) in [5.41, 5.74) is -1.63. The summed E-state index contributed by atoms with van der Waals surface area (Å²) in [6.07, 6.45) is -5.16. The maximum absolute atomic E-state index is 12.7. The molecule has 1 aliphatic heterocycles. The number of carbonyl (C=O) groups is 1. The number of pyridine rings is 1. The van der Waals surface area contributed by atoms with Gasteiger partial charge in [-0.2, -0.15) is 13.2 Å². The number of carbonyl (C=O) groups excluding carboxylic acids is 1. The molecule has 7 nitrogen and oxygen atoms in total. The molecular formula is C16H11ClF3N3O4. The van der Waals surface area contributed by atoms with E-state index in [9.17, 15) is 28.1 Å². The fourth-order valence-electron chi connectivity index (χ4n) is 2.50. The maximum Gasteiger partial charge on any atom is 0.433 e. The molecular weight excluding hydrogens is 391 g/mol. The lowest BCUT2D eigenvalue weighted by Gasteiger charge is -2.38. The largest absolute Gasteiger partial charge is 0.471 e. The Hall–Kier alpha value is -2.88. The summed E-state index contributed by atoms with van der Waals surface area (Å²) in [5, 5.41) is 11.2. The molecule has 0 unspecified atom stereocenters. The van der Waals surface area contributed by atoms with E-state index < -0.39 is 28.8 Å². The van der Waals surface area contributed by atoms with E-state index in [0.29, 0.717) is 0 Å². The van der Waals surface area contributed by atoms with Crippen molar-refractivity contribution in [3.05, 3.63) is 62.8 Å². The molecule has 142 valence electrons. The zero-order chi connectivity index (χ0) is 19.8. The molecule has 2 aromatic rings. The van der Waals surface area contributed by atoms with E-state index >= 15 is 0 Å². The number of alkyl halides is 3. The topological polar surface area (TPSA) is 85.6 Å². The van der Waals surface area contributed by atoms with Gasteiger partial charge in [-0.15, -0.1) is 0 Å². The lowest BCUT2D eigenvalue weighted by atomic mass is 10.1. The number of likely N-dealkylation sites (tertiary alicyclic amines) is 1. The molecule has 0 N–H and O–H groups in total. The Morgan fingerprint density at radius 2 is 2.00 bits per heavy atom. The van der Waals surface area contributed by atoms with Crippen LogP contribution in [0.3, 0.4) is 0 Å². The minimum atomic E-state index is -4.59. The smallest absolute Gasteiger partial charge is 0.433 e. The molecule has 27 heavy (non-hydrogen) atoms. The van der Waals surface area contributed by atoms with Gasteiger partial charge in [-0.1, -0.05) is 17.7 Å². The van der Waals surface area contributed by atoms with Crippen LogP contribution in [0.2, 0.25) is 5.02 Å². The predicted octanol–water partition coefficient (Wildman–Crippen LogP) is 3.57. The molecule has 11 heteroatoms. The monoisotopic (exact) mass is 401 g/mol. The minimum Gasteiger partial charge on any atom is -0.471 e. The third kappa shape index (κ3) is 4.11. The van der Waals surface area contributed by atoms with Crippen LogP contribution in [0.1, 0.15) is 16.1 Å². The van der Waals surface area contributed by atoms with E-state index in [0.717, 1.165) is 12.1 Å². The lowest BCUT2D eigenvalue weighted by molar-refractivity contribution is -0.385. The summed E-state index contributed by atoms with van der Waals surface area (Å²) in [6, 6.07) is 6.91. The van der Waals surface area contributed by atoms with Gasteiger partial charge in [0.2, 0.25) is 5.88 Å². The zero-order valence-corrected chi connectivity index (χ0v) is 14.2. The van der Waals surface area contributed by atoms with Crippen molar-refractivity contribution in [3.8, 4) is 5.88 Å². The van der Waals surface area contributed by atoms with Crippen LogP contribution >= 0.6 is 11.6 Å². The van der Waals surface area contributed by atoms with Gasteiger partial charge in [0.15, 0.2) is 0 Å². The summed E-state index contributed by atoms with van der Waals surface area (Å²) >= 11 is 5.80. The molecule has 0 radical (unpaired) electrons. The highest BCUT2D eigenvalue weighted by molar-refractivity contribution is 6.31. The van der Waals surface area contributed by atoms with Crippen molar-refractivity contribution in [1.82, 2.24) is 9.88 Å². The van der Waals surface area contributed by atoms with Gasteiger partial charge in [0.25, 0.3) is 11.6 Å². The normalized spacial score (nSPS) is 14.6. The second-order valence-corrected chi connectivity index (χ2v) is 6.16. The first-order valence-corrected chi connectivity index (χ1v) is 7.97. The zero-order valence-electron chi connectivity index (χ0n) is 13.4. The van der Waals surface area contributed by atoms with Crippen molar-refractivity contribution in [3.63, 3.8) is 0 Å². The average Bonchev–Trinajstić information content (AvgIpc) is 2.56. The second kappa shape index (κ2) is 7.03. The van der Waals surface area contributed by atoms with Crippen LogP contribution in [0.5, 0.6) is 5.88 Å². The number of halogens is 4. The number of hydrogen-bond acceptors (Lipinski definition) is 5. The maximum atomic E-state index is 12.7. The quantitative estimate of drug-likeness (QED) is 0.577. The molecule has 1 fully saturated rings. The first-order chi connectivity index (χ1) is 12.6. The van der Waals surface area contributed by atoms with E-state index in [2.05, 4.69) is 4.98 Å². The highest BCUT2D eigenvalue weighted by atomic mass is 35.5. The van der Waals surface area contributed by atoms with E-state index in [1.807, 2.05) is 0 Å². The Bertz CT molecular complexity index is 901. The van der Waals surface area contributed by atoms with Crippen molar-refractivity contribution < 1.29 is 27.6 Å². The Kier molecular flexibility index (Phi) is 4.92. The molecule has 1 aromatic heterocycles. The molecule has 0 spiro atoms. The third-order valence-corrected chi connectivity index (χ3v) is 4.06. The Morgan fingerprint density at radius 3 is 2.63 bits per heavy atom. The van der Waals surface area contributed by atoms with Crippen LogP contribution in [0.4, 0.5) is 18.9 Å². The standard InChI is InChI=1S/C16H11ClF3N3O4/c17-9-4-5-12(23(25)26)11(6-9)15(24)22-7-10(8-22)27-14-3-1-2-13(21-14)16(18,19)20/h1-6,10H,7-8H2. The summed E-state index contributed by atoms with van der Waals surface area (Å²) in [7, 11) is 0. The van der Waals surface area contributed by atoms with Gasteiger partial charge >= 0.3 is 6.18 Å². The van der Waals surface area contributed by atoms with E-state index in [4.69, 9.17) is 16.3 Å². The number of amides is 1. The first kappa shape index (κ1) is 18.9. The Labute approximate surface area is 155 Å². The lowest BCUT2D eigenvalue weighted by Crippen LogP contribution is -2.56. The van der Waals surface area contributed by atoms with Crippen molar-refractivity contribution in [2.24, 2.45) is 0 Å². The van der Waals surface area contributed by atoms with E-state index in [1.165, 1.54) is 29.2 Å². The number of rotatable bonds is 4. The molecule has 1 saturated heterocycles. The highest BCUT2D eigenvalue weighted by Crippen LogP contribution is 2.30. The number of nitro groups is 1. The molecule has 1 aliphatic rings. The van der Waals surface area contributed by atoms with Crippen LogP contribution in [-0.2, 0) is 6.18 Å². The van der Waals surface area contributed by atoms with Gasteiger partial charge in [-0.3, -0.25) is 14.9 Å². The summed E-state index contributed by atoms with van der Waals surface area (Å²) < 4.78 is 43.3. The van der Waals surface area contributed by atoms with Crippen LogP contribution < -0.4 is 4.74 Å². The van der Waals surface area contributed by atoms with Crippen molar-refractivity contribution in [2.45, 2.75) is 12.3 Å².